The molecule has 1 aliphatic rings. The van der Waals surface area contributed by atoms with E-state index >= 15 is 0 Å². The van der Waals surface area contributed by atoms with Gasteiger partial charge in [0, 0.05) is 12.2 Å². The molecule has 6 nitrogen and oxygen atoms in total. The number of aromatic nitrogens is 3. The summed E-state index contributed by atoms with van der Waals surface area (Å²) in [7, 11) is 0. The second-order valence-corrected chi connectivity index (χ2v) is 4.23. The van der Waals surface area contributed by atoms with Crippen molar-refractivity contribution in [3.63, 3.8) is 0 Å². The Kier molecular flexibility index (Phi) is 2.21. The molecule has 2 aromatic heterocycles. The van der Waals surface area contributed by atoms with E-state index in [4.69, 9.17) is 0 Å². The highest BCUT2D eigenvalue weighted by Crippen LogP contribution is 2.18. The van der Waals surface area contributed by atoms with Gasteiger partial charge in [0.25, 0.3) is 0 Å². The van der Waals surface area contributed by atoms with Crippen LogP contribution in [-0.2, 0) is 11.3 Å². The molecule has 1 aliphatic carbocycles. The van der Waals surface area contributed by atoms with Crippen LogP contribution in [0.3, 0.4) is 0 Å². The van der Waals surface area contributed by atoms with Gasteiger partial charge in [-0.05, 0) is 25.0 Å². The summed E-state index contributed by atoms with van der Waals surface area (Å²) in [5.41, 5.74) is 0.437. The highest BCUT2D eigenvalue weighted by molar-refractivity contribution is 5.76. The first kappa shape index (κ1) is 10.1. The predicted molar refractivity (Wildman–Crippen MR) is 60.6 cm³/mol. The molecule has 0 bridgehead atoms. The molecular weight excluding hydrogens is 220 g/mol. The highest BCUT2D eigenvalue weighted by atomic mass is 16.2. The molecule has 88 valence electrons. The molecule has 2 aromatic rings. The largest absolute Gasteiger partial charge is 0.352 e. The minimum atomic E-state index is -0.293. The van der Waals surface area contributed by atoms with Gasteiger partial charge in [0.05, 0.1) is 11.7 Å². The molecule has 0 aliphatic heterocycles. The Morgan fingerprint density at radius 1 is 1.53 bits per heavy atom. The Bertz CT molecular complexity index is 624. The van der Waals surface area contributed by atoms with E-state index in [1.54, 1.807) is 24.5 Å². The van der Waals surface area contributed by atoms with Crippen LogP contribution in [0.4, 0.5) is 0 Å². The third-order valence-corrected chi connectivity index (χ3v) is 2.77. The summed E-state index contributed by atoms with van der Waals surface area (Å²) < 4.78 is 2.64. The molecule has 2 heterocycles. The van der Waals surface area contributed by atoms with Crippen molar-refractivity contribution in [1.82, 2.24) is 19.5 Å². The number of nitrogens with zero attached hydrogens (tertiary/aromatic N) is 3. The zero-order valence-electron chi connectivity index (χ0n) is 9.17. The molecule has 1 amide bonds. The average Bonchev–Trinajstić information content (AvgIpc) is 2.97. The monoisotopic (exact) mass is 232 g/mol. The standard InChI is InChI=1S/C11H12N4O2/c16-10(13-8-3-4-8)7-15-11(17)14-5-1-2-9(14)6-12-15/h1-2,5-6,8H,3-4,7H2,(H,13,16). The molecular formula is C11H12N4O2. The van der Waals surface area contributed by atoms with Crippen LogP contribution < -0.4 is 11.0 Å². The SMILES string of the molecule is O=C(Cn1ncc2cccn2c1=O)NC1CC1. The summed E-state index contributed by atoms with van der Waals surface area (Å²) in [6.45, 7) is -0.0244. The molecule has 0 aromatic carbocycles. The van der Waals surface area contributed by atoms with Crippen LogP contribution in [0.15, 0.2) is 29.3 Å². The summed E-state index contributed by atoms with van der Waals surface area (Å²) in [5, 5.41) is 6.79. The highest BCUT2D eigenvalue weighted by Gasteiger charge is 2.23. The number of fused-ring (bicyclic) bond motifs is 1. The smallest absolute Gasteiger partial charge is 0.349 e. The molecule has 0 atom stereocenters. The van der Waals surface area contributed by atoms with Crippen LogP contribution in [0.1, 0.15) is 12.8 Å². The van der Waals surface area contributed by atoms with E-state index in [0.29, 0.717) is 6.04 Å². The van der Waals surface area contributed by atoms with Crippen molar-refractivity contribution in [2.24, 2.45) is 0 Å². The van der Waals surface area contributed by atoms with E-state index in [-0.39, 0.29) is 18.1 Å². The number of rotatable bonds is 3. The van der Waals surface area contributed by atoms with Crippen molar-refractivity contribution < 1.29 is 4.79 Å². The lowest BCUT2D eigenvalue weighted by atomic mass is 10.5. The molecule has 1 N–H and O–H groups in total. The summed E-state index contributed by atoms with van der Waals surface area (Å²) >= 11 is 0. The maximum Gasteiger partial charge on any atom is 0.349 e. The van der Waals surface area contributed by atoms with Crippen molar-refractivity contribution in [3.8, 4) is 0 Å². The first-order valence-corrected chi connectivity index (χ1v) is 5.56. The van der Waals surface area contributed by atoms with Crippen molar-refractivity contribution in [2.45, 2.75) is 25.4 Å². The lowest BCUT2D eigenvalue weighted by Crippen LogP contribution is -2.36. The molecule has 0 spiro atoms. The van der Waals surface area contributed by atoms with E-state index in [1.165, 1.54) is 9.08 Å². The summed E-state index contributed by atoms with van der Waals surface area (Å²) in [6.07, 6.45) is 5.30. The van der Waals surface area contributed by atoms with Gasteiger partial charge in [-0.2, -0.15) is 5.10 Å². The van der Waals surface area contributed by atoms with Crippen LogP contribution in [-0.4, -0.2) is 26.1 Å². The van der Waals surface area contributed by atoms with Crippen molar-refractivity contribution in [1.29, 1.82) is 0 Å². The zero-order valence-corrected chi connectivity index (χ0v) is 9.17. The summed E-state index contributed by atoms with van der Waals surface area (Å²) in [5.74, 6) is -0.159. The number of amides is 1. The first-order valence-electron chi connectivity index (χ1n) is 5.56. The normalized spacial score (nSPS) is 15.1. The van der Waals surface area contributed by atoms with E-state index in [9.17, 15) is 9.59 Å². The molecule has 6 heteroatoms. The van der Waals surface area contributed by atoms with Crippen LogP contribution in [0, 0.1) is 0 Å². The quantitative estimate of drug-likeness (QED) is 0.795. The molecule has 0 radical (unpaired) electrons. The van der Waals surface area contributed by atoms with Gasteiger partial charge in [0.15, 0.2) is 0 Å². The fourth-order valence-corrected chi connectivity index (χ4v) is 1.72. The molecule has 0 saturated heterocycles. The molecule has 1 saturated carbocycles. The summed E-state index contributed by atoms with van der Waals surface area (Å²) in [4.78, 5) is 23.5. The average molecular weight is 232 g/mol. The van der Waals surface area contributed by atoms with Gasteiger partial charge in [-0.25, -0.2) is 9.48 Å². The van der Waals surface area contributed by atoms with Crippen molar-refractivity contribution in [2.75, 3.05) is 0 Å². The maximum absolute atomic E-state index is 11.9. The Morgan fingerprint density at radius 3 is 3.12 bits per heavy atom. The fraction of sp³-hybridized carbons (Fsp3) is 0.364. The Morgan fingerprint density at radius 2 is 2.35 bits per heavy atom. The molecule has 17 heavy (non-hydrogen) atoms. The molecule has 3 rings (SSSR count). The van der Waals surface area contributed by atoms with Gasteiger partial charge in [-0.1, -0.05) is 0 Å². The number of carbonyl (C=O) groups is 1. The lowest BCUT2D eigenvalue weighted by molar-refractivity contribution is -0.122. The fourth-order valence-electron chi connectivity index (χ4n) is 1.72. The van der Waals surface area contributed by atoms with Crippen LogP contribution in [0.2, 0.25) is 0 Å². The van der Waals surface area contributed by atoms with Gasteiger partial charge >= 0.3 is 5.69 Å². The van der Waals surface area contributed by atoms with Gasteiger partial charge in [-0.15, -0.1) is 0 Å². The second kappa shape index (κ2) is 3.73. The zero-order chi connectivity index (χ0) is 11.8. The van der Waals surface area contributed by atoms with E-state index < -0.39 is 0 Å². The number of hydrogen-bond acceptors (Lipinski definition) is 3. The predicted octanol–water partition coefficient (Wildman–Crippen LogP) is -0.225. The Hall–Kier alpha value is -2.11. The second-order valence-electron chi connectivity index (χ2n) is 4.23. The third-order valence-electron chi connectivity index (χ3n) is 2.77. The Labute approximate surface area is 96.9 Å². The lowest BCUT2D eigenvalue weighted by Gasteiger charge is -2.05. The van der Waals surface area contributed by atoms with E-state index in [1.807, 2.05) is 0 Å². The first-order chi connectivity index (χ1) is 8.24. The molecule has 1 fully saturated rings. The van der Waals surface area contributed by atoms with E-state index in [0.717, 1.165) is 18.4 Å². The van der Waals surface area contributed by atoms with Gasteiger partial charge in [0.1, 0.15) is 6.54 Å². The number of nitrogens with one attached hydrogen (secondary N) is 1. The number of hydrogen-bond donors (Lipinski definition) is 1. The molecule has 0 unspecified atom stereocenters. The van der Waals surface area contributed by atoms with Crippen LogP contribution in [0.25, 0.3) is 5.52 Å². The van der Waals surface area contributed by atoms with Crippen LogP contribution >= 0.6 is 0 Å². The number of carbonyl (C=O) groups excluding carboxylic acids is 1. The van der Waals surface area contributed by atoms with Gasteiger partial charge < -0.3 is 5.32 Å². The minimum absolute atomic E-state index is 0.0244. The minimum Gasteiger partial charge on any atom is -0.352 e. The maximum atomic E-state index is 11.9. The topological polar surface area (TPSA) is 68.4 Å². The summed E-state index contributed by atoms with van der Waals surface area (Å²) in [6, 6.07) is 3.87. The van der Waals surface area contributed by atoms with Crippen molar-refractivity contribution >= 4 is 11.4 Å². The van der Waals surface area contributed by atoms with Crippen LogP contribution in [0.5, 0.6) is 0 Å². The Balaban J connectivity index is 1.86. The van der Waals surface area contributed by atoms with Gasteiger partial charge in [-0.3, -0.25) is 9.20 Å². The van der Waals surface area contributed by atoms with E-state index in [2.05, 4.69) is 10.4 Å². The van der Waals surface area contributed by atoms with Gasteiger partial charge in [0.2, 0.25) is 5.91 Å². The van der Waals surface area contributed by atoms with Crippen molar-refractivity contribution in [3.05, 3.63) is 35.0 Å². The third kappa shape index (κ3) is 1.93.